The van der Waals surface area contributed by atoms with E-state index in [9.17, 15) is 4.79 Å². The van der Waals surface area contributed by atoms with Crippen LogP contribution in [0.5, 0.6) is 0 Å². The van der Waals surface area contributed by atoms with E-state index in [0.717, 1.165) is 15.7 Å². The first-order valence-electron chi connectivity index (χ1n) is 8.08. The Hall–Kier alpha value is -3.12. The Morgan fingerprint density at radius 2 is 1.35 bits per heavy atom. The van der Waals surface area contributed by atoms with Gasteiger partial charge in [-0.3, -0.25) is 5.43 Å². The van der Waals surface area contributed by atoms with Crippen molar-refractivity contribution in [1.82, 2.24) is 5.43 Å². The maximum Gasteiger partial charge on any atom is 0.368 e. The predicted octanol–water partition coefficient (Wildman–Crippen LogP) is 4.76. The van der Waals surface area contributed by atoms with Crippen molar-refractivity contribution in [3.05, 3.63) is 95.0 Å². The third-order valence-corrected chi connectivity index (χ3v) is 4.45. The van der Waals surface area contributed by atoms with Gasteiger partial charge in [-0.15, -0.1) is 5.10 Å². The Morgan fingerprint density at radius 3 is 1.96 bits per heavy atom. The van der Waals surface area contributed by atoms with E-state index in [0.29, 0.717) is 11.5 Å². The van der Waals surface area contributed by atoms with Crippen molar-refractivity contribution in [2.24, 2.45) is 5.10 Å². The molecule has 2 amide bonds. The van der Waals surface area contributed by atoms with Gasteiger partial charge in [0, 0.05) is 10.0 Å². The van der Waals surface area contributed by atoms with Crippen LogP contribution in [0.1, 0.15) is 5.56 Å². The van der Waals surface area contributed by atoms with Crippen LogP contribution in [0, 0.1) is 0 Å². The molecule has 1 aliphatic rings. The summed E-state index contributed by atoms with van der Waals surface area (Å²) in [5.41, 5.74) is 5.45. The summed E-state index contributed by atoms with van der Waals surface area (Å²) in [6.45, 7) is 0. The number of hydrazine groups is 1. The van der Waals surface area contributed by atoms with Crippen LogP contribution in [0.4, 0.5) is 16.2 Å². The molecule has 0 saturated carbocycles. The number of hydrogen-bond acceptors (Lipinski definition) is 3. The molecule has 26 heavy (non-hydrogen) atoms. The zero-order valence-corrected chi connectivity index (χ0v) is 15.3. The number of para-hydroxylation sites is 2. The van der Waals surface area contributed by atoms with Crippen molar-refractivity contribution < 1.29 is 4.79 Å². The van der Waals surface area contributed by atoms with Gasteiger partial charge >= 0.3 is 6.03 Å². The molecule has 1 N–H and O–H groups in total. The minimum absolute atomic E-state index is 0.275. The van der Waals surface area contributed by atoms with Gasteiger partial charge in [-0.25, -0.2) is 9.80 Å². The van der Waals surface area contributed by atoms with Gasteiger partial charge < -0.3 is 0 Å². The molecular formula is C20H15BrN4O. The molecule has 0 bridgehead atoms. The van der Waals surface area contributed by atoms with E-state index < -0.39 is 0 Å². The van der Waals surface area contributed by atoms with E-state index in [1.807, 2.05) is 84.9 Å². The molecule has 6 heteroatoms. The summed E-state index contributed by atoms with van der Waals surface area (Å²) in [5.74, 6) is 0.588. The lowest BCUT2D eigenvalue weighted by Gasteiger charge is -2.34. The molecule has 128 valence electrons. The molecule has 0 aromatic heterocycles. The second kappa shape index (κ2) is 7.01. The largest absolute Gasteiger partial charge is 0.368 e. The lowest BCUT2D eigenvalue weighted by atomic mass is 10.2. The van der Waals surface area contributed by atoms with Gasteiger partial charge in [-0.05, 0) is 36.4 Å². The van der Waals surface area contributed by atoms with Crippen LogP contribution in [-0.4, -0.2) is 11.9 Å². The second-order valence-electron chi connectivity index (χ2n) is 5.67. The van der Waals surface area contributed by atoms with Crippen LogP contribution in [0.15, 0.2) is 94.5 Å². The predicted molar refractivity (Wildman–Crippen MR) is 107 cm³/mol. The van der Waals surface area contributed by atoms with Gasteiger partial charge in [0.15, 0.2) is 5.84 Å². The molecule has 4 rings (SSSR count). The van der Waals surface area contributed by atoms with E-state index in [2.05, 4.69) is 26.5 Å². The molecule has 1 aliphatic heterocycles. The maximum atomic E-state index is 13.0. The molecule has 1 heterocycles. The topological polar surface area (TPSA) is 47.9 Å². The fraction of sp³-hybridized carbons (Fsp3) is 0. The zero-order valence-electron chi connectivity index (χ0n) is 13.7. The summed E-state index contributed by atoms with van der Waals surface area (Å²) in [5, 5.41) is 7.44. The van der Waals surface area contributed by atoms with Gasteiger partial charge in [0.25, 0.3) is 0 Å². The first-order chi connectivity index (χ1) is 12.7. The first-order valence-corrected chi connectivity index (χ1v) is 8.87. The SMILES string of the molecule is O=C1N(c2ccccc2)N=C(c2ccc(Br)cc2)NN1c1ccccc1. The molecule has 0 unspecified atom stereocenters. The number of hydrogen-bond donors (Lipinski definition) is 1. The van der Waals surface area contributed by atoms with E-state index in [4.69, 9.17) is 0 Å². The van der Waals surface area contributed by atoms with Crippen molar-refractivity contribution in [3.8, 4) is 0 Å². The highest BCUT2D eigenvalue weighted by molar-refractivity contribution is 9.10. The van der Waals surface area contributed by atoms with Crippen LogP contribution in [-0.2, 0) is 0 Å². The molecule has 0 saturated heterocycles. The Morgan fingerprint density at radius 1 is 0.769 bits per heavy atom. The van der Waals surface area contributed by atoms with Crippen molar-refractivity contribution in [1.29, 1.82) is 0 Å². The lowest BCUT2D eigenvalue weighted by molar-refractivity contribution is 0.249. The summed E-state index contributed by atoms with van der Waals surface area (Å²) >= 11 is 3.44. The van der Waals surface area contributed by atoms with Crippen molar-refractivity contribution in [2.75, 3.05) is 10.0 Å². The highest BCUT2D eigenvalue weighted by atomic mass is 79.9. The number of urea groups is 1. The van der Waals surface area contributed by atoms with Gasteiger partial charge in [0.1, 0.15) is 0 Å². The number of amides is 2. The highest BCUT2D eigenvalue weighted by Crippen LogP contribution is 2.23. The number of amidine groups is 1. The van der Waals surface area contributed by atoms with E-state index in [1.165, 1.54) is 10.0 Å². The number of benzene rings is 3. The summed E-state index contributed by atoms with van der Waals surface area (Å²) in [7, 11) is 0. The van der Waals surface area contributed by atoms with Crippen molar-refractivity contribution >= 4 is 39.2 Å². The van der Waals surface area contributed by atoms with Crippen molar-refractivity contribution in [2.45, 2.75) is 0 Å². The Kier molecular flexibility index (Phi) is 4.41. The number of nitrogens with zero attached hydrogens (tertiary/aromatic N) is 3. The fourth-order valence-electron chi connectivity index (χ4n) is 2.63. The Labute approximate surface area is 159 Å². The Bertz CT molecular complexity index is 943. The molecule has 0 fully saturated rings. The zero-order chi connectivity index (χ0) is 17.9. The molecule has 3 aromatic carbocycles. The summed E-state index contributed by atoms with van der Waals surface area (Å²) in [6.07, 6.45) is 0. The summed E-state index contributed by atoms with van der Waals surface area (Å²) < 4.78 is 0.980. The Balaban J connectivity index is 1.79. The molecule has 0 atom stereocenters. The van der Waals surface area contributed by atoms with Crippen LogP contribution < -0.4 is 15.4 Å². The minimum Gasteiger partial charge on any atom is -0.271 e. The van der Waals surface area contributed by atoms with Crippen LogP contribution >= 0.6 is 15.9 Å². The second-order valence-corrected chi connectivity index (χ2v) is 6.58. The number of nitrogens with one attached hydrogen (secondary N) is 1. The fourth-order valence-corrected chi connectivity index (χ4v) is 2.90. The highest BCUT2D eigenvalue weighted by Gasteiger charge is 2.30. The molecule has 3 aromatic rings. The maximum absolute atomic E-state index is 13.0. The van der Waals surface area contributed by atoms with E-state index in [-0.39, 0.29) is 6.03 Å². The average Bonchev–Trinajstić information content (AvgIpc) is 2.70. The number of hydrazone groups is 1. The van der Waals surface area contributed by atoms with Crippen molar-refractivity contribution in [3.63, 3.8) is 0 Å². The summed E-state index contributed by atoms with van der Waals surface area (Å²) in [4.78, 5) is 13.0. The van der Waals surface area contributed by atoms with E-state index >= 15 is 0 Å². The third kappa shape index (κ3) is 3.19. The summed E-state index contributed by atoms with van der Waals surface area (Å²) in [6, 6.07) is 26.3. The van der Waals surface area contributed by atoms with Gasteiger partial charge in [-0.1, -0.05) is 64.5 Å². The normalized spacial score (nSPS) is 14.0. The molecular weight excluding hydrogens is 392 g/mol. The number of anilines is 2. The monoisotopic (exact) mass is 406 g/mol. The third-order valence-electron chi connectivity index (χ3n) is 3.92. The smallest absolute Gasteiger partial charge is 0.271 e. The molecule has 0 aliphatic carbocycles. The van der Waals surface area contributed by atoms with Crippen LogP contribution in [0.3, 0.4) is 0 Å². The minimum atomic E-state index is -0.275. The standard InChI is InChI=1S/C20H15BrN4O/c21-16-13-11-15(12-14-16)19-22-24(17-7-3-1-4-8-17)20(26)25(23-19)18-9-5-2-6-10-18/h1-14H,(H,22,23). The number of halogens is 1. The molecule has 5 nitrogen and oxygen atoms in total. The first kappa shape index (κ1) is 16.4. The number of rotatable bonds is 3. The number of carbonyl (C=O) groups excluding carboxylic acids is 1. The molecule has 0 spiro atoms. The van der Waals surface area contributed by atoms with Crippen LogP contribution in [0.25, 0.3) is 0 Å². The van der Waals surface area contributed by atoms with Gasteiger partial charge in [0.05, 0.1) is 11.4 Å². The van der Waals surface area contributed by atoms with E-state index in [1.54, 1.807) is 0 Å². The van der Waals surface area contributed by atoms with Gasteiger partial charge in [0.2, 0.25) is 0 Å². The quantitative estimate of drug-likeness (QED) is 0.681. The van der Waals surface area contributed by atoms with Gasteiger partial charge in [-0.2, -0.15) is 5.01 Å². The average molecular weight is 407 g/mol. The number of carbonyl (C=O) groups is 1. The van der Waals surface area contributed by atoms with Crippen LogP contribution in [0.2, 0.25) is 0 Å². The lowest BCUT2D eigenvalue weighted by Crippen LogP contribution is -2.56. The molecule has 0 radical (unpaired) electrons.